The van der Waals surface area contributed by atoms with Crippen molar-refractivity contribution < 1.29 is 4.74 Å². The van der Waals surface area contributed by atoms with E-state index < -0.39 is 0 Å². The first kappa shape index (κ1) is 12.3. The summed E-state index contributed by atoms with van der Waals surface area (Å²) in [5, 5.41) is 0. The smallest absolute Gasteiger partial charge is 0.127 e. The summed E-state index contributed by atoms with van der Waals surface area (Å²) in [6.45, 7) is 0. The molecule has 0 amide bonds. The zero-order chi connectivity index (χ0) is 13.8. The van der Waals surface area contributed by atoms with E-state index in [-0.39, 0.29) is 0 Å². The first-order valence-corrected chi connectivity index (χ1v) is 6.41. The molecule has 3 aromatic rings. The van der Waals surface area contributed by atoms with E-state index in [1.54, 1.807) is 0 Å². The molecule has 0 atom stereocenters. The molecule has 0 saturated heterocycles. The lowest BCUT2D eigenvalue weighted by molar-refractivity contribution is 0.483. The zero-order valence-corrected chi connectivity index (χ0v) is 10.9. The molecular weight excluding hydrogens is 246 g/mol. The van der Waals surface area contributed by atoms with E-state index in [1.807, 2.05) is 72.8 Å². The Morgan fingerprint density at radius 3 is 1.75 bits per heavy atom. The van der Waals surface area contributed by atoms with Crippen LogP contribution in [0.25, 0.3) is 11.1 Å². The van der Waals surface area contributed by atoms with Crippen LogP contribution in [0, 0.1) is 6.07 Å². The molecule has 0 aliphatic rings. The molecule has 2 N–H and O–H groups in total. The van der Waals surface area contributed by atoms with Crippen molar-refractivity contribution in [3.63, 3.8) is 0 Å². The second-order valence-corrected chi connectivity index (χ2v) is 4.48. The molecule has 97 valence electrons. The van der Waals surface area contributed by atoms with E-state index in [9.17, 15) is 0 Å². The Labute approximate surface area is 118 Å². The number of hydrogen-bond acceptors (Lipinski definition) is 2. The highest BCUT2D eigenvalue weighted by molar-refractivity contribution is 5.64. The van der Waals surface area contributed by atoms with Crippen LogP contribution in [0.2, 0.25) is 0 Å². The van der Waals surface area contributed by atoms with Crippen molar-refractivity contribution >= 4 is 5.69 Å². The van der Waals surface area contributed by atoms with Gasteiger partial charge in [0.2, 0.25) is 0 Å². The largest absolute Gasteiger partial charge is 0.457 e. The summed E-state index contributed by atoms with van der Waals surface area (Å²) < 4.78 is 5.76. The Morgan fingerprint density at radius 2 is 1.15 bits per heavy atom. The predicted octanol–water partition coefficient (Wildman–Crippen LogP) is 4.53. The van der Waals surface area contributed by atoms with E-state index in [0.717, 1.165) is 22.7 Å². The monoisotopic (exact) mass is 260 g/mol. The second-order valence-electron chi connectivity index (χ2n) is 4.48. The second kappa shape index (κ2) is 5.49. The van der Waals surface area contributed by atoms with Crippen LogP contribution in [0.3, 0.4) is 0 Å². The van der Waals surface area contributed by atoms with Crippen LogP contribution in [0.1, 0.15) is 0 Å². The minimum Gasteiger partial charge on any atom is -0.457 e. The first-order valence-electron chi connectivity index (χ1n) is 6.41. The quantitative estimate of drug-likeness (QED) is 0.702. The fourth-order valence-corrected chi connectivity index (χ4v) is 1.97. The van der Waals surface area contributed by atoms with Gasteiger partial charge >= 0.3 is 0 Å². The van der Waals surface area contributed by atoms with E-state index in [2.05, 4.69) is 6.07 Å². The maximum Gasteiger partial charge on any atom is 0.127 e. The third kappa shape index (κ3) is 2.81. The van der Waals surface area contributed by atoms with Crippen molar-refractivity contribution in [2.45, 2.75) is 0 Å². The molecule has 2 heteroatoms. The Hall–Kier alpha value is -2.74. The van der Waals surface area contributed by atoms with E-state index in [0.29, 0.717) is 0 Å². The standard InChI is InChI=1S/C18H14NO/c19-16-8-12-18(13-9-16)20-17-10-6-15(7-11-17)14-4-2-1-3-5-14/h2-13H,19H2. The molecular formula is C18H14NO. The first-order chi connectivity index (χ1) is 9.81. The Morgan fingerprint density at radius 1 is 0.650 bits per heavy atom. The summed E-state index contributed by atoms with van der Waals surface area (Å²) in [7, 11) is 0. The average molecular weight is 260 g/mol. The SMILES string of the molecule is Nc1ccc(Oc2ccc(-c3cc[c]cc3)cc2)cc1. The van der Waals surface area contributed by atoms with Crippen LogP contribution in [-0.2, 0) is 0 Å². The van der Waals surface area contributed by atoms with Gasteiger partial charge in [0.1, 0.15) is 11.5 Å². The van der Waals surface area contributed by atoms with Crippen molar-refractivity contribution in [1.82, 2.24) is 0 Å². The molecule has 3 rings (SSSR count). The molecule has 20 heavy (non-hydrogen) atoms. The summed E-state index contributed by atoms with van der Waals surface area (Å²) in [6.07, 6.45) is 0. The van der Waals surface area contributed by atoms with E-state index >= 15 is 0 Å². The summed E-state index contributed by atoms with van der Waals surface area (Å²) in [4.78, 5) is 0. The molecule has 2 nitrogen and oxygen atoms in total. The molecule has 0 aliphatic carbocycles. The minimum atomic E-state index is 0.730. The lowest BCUT2D eigenvalue weighted by Crippen LogP contribution is -1.86. The van der Waals surface area contributed by atoms with Crippen molar-refractivity contribution in [2.24, 2.45) is 0 Å². The molecule has 0 unspecified atom stereocenters. The van der Waals surface area contributed by atoms with E-state index in [1.165, 1.54) is 5.56 Å². The Kier molecular flexibility index (Phi) is 3.38. The van der Waals surface area contributed by atoms with Gasteiger partial charge in [0.25, 0.3) is 0 Å². The molecule has 0 spiro atoms. The van der Waals surface area contributed by atoms with Gasteiger partial charge in [-0.15, -0.1) is 0 Å². The van der Waals surface area contributed by atoms with Gasteiger partial charge in [0.05, 0.1) is 0 Å². The molecule has 0 aromatic heterocycles. The minimum absolute atomic E-state index is 0.730. The molecule has 0 saturated carbocycles. The maximum absolute atomic E-state index is 5.76. The van der Waals surface area contributed by atoms with Crippen LogP contribution in [0.4, 0.5) is 5.69 Å². The Bertz CT molecular complexity index is 673. The van der Waals surface area contributed by atoms with E-state index in [4.69, 9.17) is 10.5 Å². The van der Waals surface area contributed by atoms with Crippen molar-refractivity contribution in [1.29, 1.82) is 0 Å². The fraction of sp³-hybridized carbons (Fsp3) is 0. The van der Waals surface area contributed by atoms with Crippen molar-refractivity contribution in [2.75, 3.05) is 5.73 Å². The van der Waals surface area contributed by atoms with Gasteiger partial charge in [-0.1, -0.05) is 36.4 Å². The van der Waals surface area contributed by atoms with Gasteiger partial charge in [0.15, 0.2) is 0 Å². The van der Waals surface area contributed by atoms with Crippen LogP contribution in [-0.4, -0.2) is 0 Å². The van der Waals surface area contributed by atoms with Crippen LogP contribution in [0.15, 0.2) is 72.8 Å². The molecule has 0 bridgehead atoms. The highest BCUT2D eigenvalue weighted by Gasteiger charge is 1.99. The average Bonchev–Trinajstić information content (AvgIpc) is 2.51. The van der Waals surface area contributed by atoms with Crippen molar-refractivity contribution in [3.8, 4) is 22.6 Å². The van der Waals surface area contributed by atoms with Gasteiger partial charge in [0, 0.05) is 5.69 Å². The number of nitrogen functional groups attached to an aromatic ring is 1. The molecule has 0 aliphatic heterocycles. The number of hydrogen-bond donors (Lipinski definition) is 1. The highest BCUT2D eigenvalue weighted by atomic mass is 16.5. The normalized spacial score (nSPS) is 10.2. The maximum atomic E-state index is 5.76. The Balaban J connectivity index is 1.78. The van der Waals surface area contributed by atoms with Crippen LogP contribution >= 0.6 is 0 Å². The topological polar surface area (TPSA) is 35.2 Å². The van der Waals surface area contributed by atoms with Gasteiger partial charge in [-0.25, -0.2) is 0 Å². The van der Waals surface area contributed by atoms with Gasteiger partial charge < -0.3 is 10.5 Å². The lowest BCUT2D eigenvalue weighted by Gasteiger charge is -2.07. The summed E-state index contributed by atoms with van der Waals surface area (Å²) in [6, 6.07) is 26.3. The molecule has 0 heterocycles. The van der Waals surface area contributed by atoms with Crippen molar-refractivity contribution in [3.05, 3.63) is 78.9 Å². The molecule has 3 aromatic carbocycles. The molecule has 0 fully saturated rings. The predicted molar refractivity (Wildman–Crippen MR) is 81.6 cm³/mol. The lowest BCUT2D eigenvalue weighted by atomic mass is 10.1. The van der Waals surface area contributed by atoms with Gasteiger partial charge in [-0.3, -0.25) is 0 Å². The number of rotatable bonds is 3. The van der Waals surface area contributed by atoms with Crippen LogP contribution < -0.4 is 10.5 Å². The van der Waals surface area contributed by atoms with Crippen LogP contribution in [0.5, 0.6) is 11.5 Å². The van der Waals surface area contributed by atoms with Gasteiger partial charge in [-0.05, 0) is 53.6 Å². The number of anilines is 1. The summed E-state index contributed by atoms with van der Waals surface area (Å²) in [5.74, 6) is 1.59. The van der Waals surface area contributed by atoms with Gasteiger partial charge in [-0.2, -0.15) is 0 Å². The summed E-state index contributed by atoms with van der Waals surface area (Å²) >= 11 is 0. The highest BCUT2D eigenvalue weighted by Crippen LogP contribution is 2.26. The number of benzene rings is 3. The number of ether oxygens (including phenoxy) is 1. The zero-order valence-electron chi connectivity index (χ0n) is 10.9. The number of nitrogens with two attached hydrogens (primary N) is 1. The fourth-order valence-electron chi connectivity index (χ4n) is 1.97. The third-order valence-electron chi connectivity index (χ3n) is 3.02. The third-order valence-corrected chi connectivity index (χ3v) is 3.02. The molecule has 1 radical (unpaired) electrons. The summed E-state index contributed by atoms with van der Waals surface area (Å²) in [5.41, 5.74) is 8.70.